The Balaban J connectivity index is 3.37. The van der Waals surface area contributed by atoms with Crippen molar-refractivity contribution in [3.8, 4) is 0 Å². The molecule has 2 nitrogen and oxygen atoms in total. The second-order valence-corrected chi connectivity index (χ2v) is 3.83. The van der Waals surface area contributed by atoms with Gasteiger partial charge in [0, 0.05) is 14.8 Å². The zero-order valence-corrected chi connectivity index (χ0v) is 9.18. The molecule has 0 amide bonds. The molecule has 0 saturated carbocycles. The van der Waals surface area contributed by atoms with E-state index in [1.54, 1.807) is 13.0 Å². The maximum absolute atomic E-state index is 11.1. The number of anilines is 1. The lowest BCUT2D eigenvalue weighted by Crippen LogP contribution is -2.00. The molecule has 1 aromatic rings. The van der Waals surface area contributed by atoms with E-state index in [1.807, 2.05) is 13.0 Å². The molecular formula is C9H10INO. The smallest absolute Gasteiger partial charge is 0.160 e. The van der Waals surface area contributed by atoms with Crippen LogP contribution < -0.4 is 5.73 Å². The Morgan fingerprint density at radius 1 is 1.50 bits per heavy atom. The first kappa shape index (κ1) is 9.51. The van der Waals surface area contributed by atoms with Gasteiger partial charge in [-0.1, -0.05) is 0 Å². The summed E-state index contributed by atoms with van der Waals surface area (Å²) in [6.07, 6.45) is 0. The molecule has 3 heteroatoms. The second-order valence-electron chi connectivity index (χ2n) is 2.76. The molecule has 0 unspecified atom stereocenters. The van der Waals surface area contributed by atoms with Gasteiger partial charge in [-0.05, 0) is 54.1 Å². The van der Waals surface area contributed by atoms with Gasteiger partial charge in [-0.15, -0.1) is 0 Å². The summed E-state index contributed by atoms with van der Waals surface area (Å²) in [5.74, 6) is 0.0646. The fraction of sp³-hybridized carbons (Fsp3) is 0.222. The van der Waals surface area contributed by atoms with E-state index in [1.165, 1.54) is 0 Å². The Bertz CT molecular complexity index is 334. The fourth-order valence-corrected chi connectivity index (χ4v) is 1.74. The lowest BCUT2D eigenvalue weighted by Gasteiger charge is -2.05. The van der Waals surface area contributed by atoms with Gasteiger partial charge in [-0.2, -0.15) is 0 Å². The number of benzene rings is 1. The van der Waals surface area contributed by atoms with Gasteiger partial charge in [0.05, 0.1) is 0 Å². The number of hydrogen-bond acceptors (Lipinski definition) is 2. The topological polar surface area (TPSA) is 43.1 Å². The number of carbonyl (C=O) groups is 1. The van der Waals surface area contributed by atoms with Crippen LogP contribution in [0, 0.1) is 10.5 Å². The molecule has 2 N–H and O–H groups in total. The number of rotatable bonds is 1. The van der Waals surface area contributed by atoms with E-state index in [2.05, 4.69) is 22.6 Å². The third-order valence-electron chi connectivity index (χ3n) is 1.66. The Morgan fingerprint density at radius 3 is 2.58 bits per heavy atom. The predicted molar refractivity (Wildman–Crippen MR) is 58.3 cm³/mol. The molecule has 1 rings (SSSR count). The molecule has 64 valence electrons. The van der Waals surface area contributed by atoms with Crippen molar-refractivity contribution in [2.75, 3.05) is 5.73 Å². The number of Topliss-reactive ketones (excluding diaryl/α,β-unsaturated/α-hetero) is 1. The molecule has 12 heavy (non-hydrogen) atoms. The Kier molecular flexibility index (Phi) is 2.72. The first-order valence-electron chi connectivity index (χ1n) is 3.59. The first-order valence-corrected chi connectivity index (χ1v) is 4.67. The van der Waals surface area contributed by atoms with Crippen molar-refractivity contribution in [3.63, 3.8) is 0 Å². The van der Waals surface area contributed by atoms with Gasteiger partial charge in [0.1, 0.15) is 0 Å². The molecular weight excluding hydrogens is 265 g/mol. The van der Waals surface area contributed by atoms with Gasteiger partial charge in [-0.3, -0.25) is 4.79 Å². The van der Waals surface area contributed by atoms with E-state index in [4.69, 9.17) is 5.73 Å². The second kappa shape index (κ2) is 3.43. The van der Waals surface area contributed by atoms with Crippen LogP contribution in [0.15, 0.2) is 12.1 Å². The van der Waals surface area contributed by atoms with E-state index >= 15 is 0 Å². The summed E-state index contributed by atoms with van der Waals surface area (Å²) in [6, 6.07) is 3.59. The predicted octanol–water partition coefficient (Wildman–Crippen LogP) is 2.38. The molecule has 0 spiro atoms. The van der Waals surface area contributed by atoms with Gasteiger partial charge in [0.2, 0.25) is 0 Å². The molecule has 0 radical (unpaired) electrons. The highest BCUT2D eigenvalue weighted by molar-refractivity contribution is 14.1. The monoisotopic (exact) mass is 275 g/mol. The quantitative estimate of drug-likeness (QED) is 0.486. The number of hydrogen-bond donors (Lipinski definition) is 1. The normalized spacial score (nSPS) is 9.92. The first-order chi connectivity index (χ1) is 5.52. The lowest BCUT2D eigenvalue weighted by atomic mass is 10.1. The van der Waals surface area contributed by atoms with E-state index in [0.717, 1.165) is 9.13 Å². The molecule has 0 bridgehead atoms. The third kappa shape index (κ3) is 1.77. The van der Waals surface area contributed by atoms with Gasteiger partial charge >= 0.3 is 0 Å². The molecule has 0 saturated heterocycles. The van der Waals surface area contributed by atoms with Crippen LogP contribution in [0.4, 0.5) is 5.69 Å². The van der Waals surface area contributed by atoms with Crippen molar-refractivity contribution in [2.45, 2.75) is 13.8 Å². The van der Waals surface area contributed by atoms with Crippen molar-refractivity contribution in [3.05, 3.63) is 26.8 Å². The average molecular weight is 275 g/mol. The van der Waals surface area contributed by atoms with Crippen LogP contribution in [0.25, 0.3) is 0 Å². The number of aryl methyl sites for hydroxylation is 1. The van der Waals surface area contributed by atoms with Gasteiger partial charge in [-0.25, -0.2) is 0 Å². The summed E-state index contributed by atoms with van der Waals surface area (Å²) in [5.41, 5.74) is 8.03. The van der Waals surface area contributed by atoms with Crippen molar-refractivity contribution >= 4 is 34.1 Å². The van der Waals surface area contributed by atoms with E-state index in [0.29, 0.717) is 11.3 Å². The highest BCUT2D eigenvalue weighted by Gasteiger charge is 2.07. The van der Waals surface area contributed by atoms with Gasteiger partial charge < -0.3 is 5.73 Å². The molecule has 0 aliphatic carbocycles. The number of carbonyl (C=O) groups excluding carboxylic acids is 1. The standard InChI is InChI=1S/C9H10INO/c1-5-3-7(11)4-8(6(2)12)9(5)10/h3-4H,11H2,1-2H3. The Hall–Kier alpha value is -0.580. The maximum Gasteiger partial charge on any atom is 0.160 e. The minimum atomic E-state index is 0.0646. The summed E-state index contributed by atoms with van der Waals surface area (Å²) in [7, 11) is 0. The molecule has 0 aliphatic rings. The summed E-state index contributed by atoms with van der Waals surface area (Å²) in [5, 5.41) is 0. The minimum Gasteiger partial charge on any atom is -0.399 e. The number of nitrogens with two attached hydrogens (primary N) is 1. The summed E-state index contributed by atoms with van der Waals surface area (Å²) >= 11 is 2.16. The summed E-state index contributed by atoms with van der Waals surface area (Å²) in [4.78, 5) is 11.1. The number of ketones is 1. The van der Waals surface area contributed by atoms with Crippen molar-refractivity contribution in [1.29, 1.82) is 0 Å². The SMILES string of the molecule is CC(=O)c1cc(N)cc(C)c1I. The van der Waals surface area contributed by atoms with Crippen molar-refractivity contribution in [2.24, 2.45) is 0 Å². The van der Waals surface area contributed by atoms with E-state index in [-0.39, 0.29) is 5.78 Å². The molecule has 0 fully saturated rings. The van der Waals surface area contributed by atoms with Crippen molar-refractivity contribution < 1.29 is 4.79 Å². The van der Waals surface area contributed by atoms with E-state index < -0.39 is 0 Å². The Morgan fingerprint density at radius 2 is 2.08 bits per heavy atom. The zero-order chi connectivity index (χ0) is 9.30. The number of nitrogen functional groups attached to an aromatic ring is 1. The minimum absolute atomic E-state index is 0.0646. The number of halogens is 1. The van der Waals surface area contributed by atoms with Crippen LogP contribution >= 0.6 is 22.6 Å². The summed E-state index contributed by atoms with van der Waals surface area (Å²) in [6.45, 7) is 3.50. The highest BCUT2D eigenvalue weighted by atomic mass is 127. The summed E-state index contributed by atoms with van der Waals surface area (Å²) < 4.78 is 0.995. The molecule has 1 aromatic carbocycles. The fourth-order valence-electron chi connectivity index (χ4n) is 1.05. The maximum atomic E-state index is 11.1. The largest absolute Gasteiger partial charge is 0.399 e. The van der Waals surface area contributed by atoms with Crippen LogP contribution in [-0.2, 0) is 0 Å². The van der Waals surface area contributed by atoms with Gasteiger partial charge in [0.25, 0.3) is 0 Å². The molecule has 0 heterocycles. The lowest BCUT2D eigenvalue weighted by molar-refractivity contribution is 0.101. The van der Waals surface area contributed by atoms with Crippen LogP contribution in [0.2, 0.25) is 0 Å². The average Bonchev–Trinajstić information content (AvgIpc) is 1.96. The third-order valence-corrected chi connectivity index (χ3v) is 3.09. The Labute approximate surface area is 85.3 Å². The van der Waals surface area contributed by atoms with Crippen LogP contribution in [-0.4, -0.2) is 5.78 Å². The van der Waals surface area contributed by atoms with Crippen molar-refractivity contribution in [1.82, 2.24) is 0 Å². The molecule has 0 aliphatic heterocycles. The van der Waals surface area contributed by atoms with Gasteiger partial charge in [0.15, 0.2) is 5.78 Å². The van der Waals surface area contributed by atoms with Crippen LogP contribution in [0.5, 0.6) is 0 Å². The molecule has 0 aromatic heterocycles. The highest BCUT2D eigenvalue weighted by Crippen LogP contribution is 2.20. The van der Waals surface area contributed by atoms with Crippen LogP contribution in [0.3, 0.4) is 0 Å². The molecule has 0 atom stereocenters. The van der Waals surface area contributed by atoms with E-state index in [9.17, 15) is 4.79 Å². The zero-order valence-electron chi connectivity index (χ0n) is 7.02. The van der Waals surface area contributed by atoms with Crippen LogP contribution in [0.1, 0.15) is 22.8 Å².